The van der Waals surface area contributed by atoms with E-state index in [1.54, 1.807) is 6.33 Å². The van der Waals surface area contributed by atoms with Gasteiger partial charge in [0.1, 0.15) is 23.5 Å². The maximum Gasteiger partial charge on any atom is 0.348 e. The van der Waals surface area contributed by atoms with Gasteiger partial charge in [-0.15, -0.1) is 23.1 Å². The minimum atomic E-state index is -1.40. The van der Waals surface area contributed by atoms with Gasteiger partial charge in [-0.25, -0.2) is 4.57 Å². The van der Waals surface area contributed by atoms with E-state index in [1.807, 2.05) is 40.4 Å². The van der Waals surface area contributed by atoms with Gasteiger partial charge in [-0.1, -0.05) is 6.07 Å². The summed E-state index contributed by atoms with van der Waals surface area (Å²) in [5.41, 5.74) is 1.97. The molecule has 2 amide bonds. The first kappa shape index (κ1) is 19.8. The second kappa shape index (κ2) is 7.82. The van der Waals surface area contributed by atoms with Crippen LogP contribution in [0.1, 0.15) is 4.88 Å². The van der Waals surface area contributed by atoms with E-state index in [1.165, 1.54) is 28.0 Å². The Bertz CT molecular complexity index is 1220. The number of thiophene rings is 1. The largest absolute Gasteiger partial charge is 0.543 e. The number of β-lactam (4-membered cyclic amide) rings is 1. The maximum absolute atomic E-state index is 12.8. The second-order valence-electron chi connectivity index (χ2n) is 7.23. The lowest BCUT2D eigenvalue weighted by Crippen LogP contribution is -2.71. The molecular weight excluding hydrogens is 438 g/mol. The van der Waals surface area contributed by atoms with Crippen molar-refractivity contribution in [2.45, 2.75) is 24.4 Å². The number of pyridine rings is 1. The molecule has 0 spiro atoms. The van der Waals surface area contributed by atoms with Crippen molar-refractivity contribution in [3.63, 3.8) is 0 Å². The predicted molar refractivity (Wildman–Crippen MR) is 111 cm³/mol. The summed E-state index contributed by atoms with van der Waals surface area (Å²) < 4.78 is 1.83. The summed E-state index contributed by atoms with van der Waals surface area (Å²) in [7, 11) is 0. The molecule has 11 heteroatoms. The highest BCUT2D eigenvalue weighted by molar-refractivity contribution is 8.00. The number of carboxylic acids is 1. The minimum Gasteiger partial charge on any atom is -0.543 e. The van der Waals surface area contributed by atoms with Crippen molar-refractivity contribution < 1.29 is 24.1 Å². The van der Waals surface area contributed by atoms with E-state index in [9.17, 15) is 19.5 Å². The molecule has 2 aliphatic heterocycles. The molecule has 0 radical (unpaired) electrons. The Morgan fingerprint density at radius 1 is 1.35 bits per heavy atom. The number of thioether (sulfide) groups is 1. The average molecular weight is 456 g/mol. The topological polar surface area (TPSA) is 122 Å². The number of nitrogens with zero attached hydrogens (tertiary/aromatic N) is 3. The van der Waals surface area contributed by atoms with Gasteiger partial charge in [-0.2, -0.15) is 0 Å². The third-order valence-electron chi connectivity index (χ3n) is 5.28. The Balaban J connectivity index is 1.36. The highest BCUT2D eigenvalue weighted by Gasteiger charge is 2.53. The standard InChI is InChI=1S/C20H17N5O4S2/c26-14(7-12-3-2-6-30-12)23-15-18(27)25-16(20(28)29)11(9-31-19(15)25)8-24-5-1-4-13-17(24)22-10-21-13/h1-6,10,15,19H,7-9H2,(H2,23,26,28,29)/t15?,19-/m0/s1. The number of hydrogen-bond donors (Lipinski definition) is 2. The first-order valence-electron chi connectivity index (χ1n) is 9.54. The van der Waals surface area contributed by atoms with E-state index < -0.39 is 23.3 Å². The van der Waals surface area contributed by atoms with Crippen LogP contribution in [0.5, 0.6) is 0 Å². The first-order chi connectivity index (χ1) is 15.0. The summed E-state index contributed by atoms with van der Waals surface area (Å²) in [4.78, 5) is 46.5. The number of nitrogens with one attached hydrogen (secondary N) is 2. The van der Waals surface area contributed by atoms with Crippen molar-refractivity contribution in [1.29, 1.82) is 0 Å². The molecule has 2 N–H and O–H groups in total. The Kier molecular flexibility index (Phi) is 4.98. The van der Waals surface area contributed by atoms with Gasteiger partial charge in [0.2, 0.25) is 12.2 Å². The number of H-pyrrole nitrogens is 1. The van der Waals surface area contributed by atoms with E-state index in [0.29, 0.717) is 17.0 Å². The SMILES string of the molecule is O=C(Cc1cccs1)NC1C(=O)N2C(C(=O)[O-])=C(C[n+]3cccc4[nH]cnc43)CS[C@@H]12. The zero-order valence-electron chi connectivity index (χ0n) is 16.1. The van der Waals surface area contributed by atoms with E-state index in [4.69, 9.17) is 0 Å². The molecule has 2 aliphatic rings. The van der Waals surface area contributed by atoms with Crippen LogP contribution in [0.15, 0.2) is 53.4 Å². The number of carbonyl (C=O) groups excluding carboxylic acids is 3. The van der Waals surface area contributed by atoms with Crippen molar-refractivity contribution in [2.75, 3.05) is 5.75 Å². The van der Waals surface area contributed by atoms with Crippen LogP contribution in [0.25, 0.3) is 11.2 Å². The predicted octanol–water partition coefficient (Wildman–Crippen LogP) is -0.441. The molecule has 1 saturated heterocycles. The maximum atomic E-state index is 12.8. The average Bonchev–Trinajstić information content (AvgIpc) is 3.43. The van der Waals surface area contributed by atoms with Crippen molar-refractivity contribution in [3.05, 3.63) is 58.3 Å². The quantitative estimate of drug-likeness (QED) is 0.384. The van der Waals surface area contributed by atoms with Crippen LogP contribution < -0.4 is 15.0 Å². The summed E-state index contributed by atoms with van der Waals surface area (Å²) in [6, 6.07) is 6.69. The molecule has 158 valence electrons. The molecule has 3 aromatic heterocycles. The van der Waals surface area contributed by atoms with Crippen LogP contribution in [-0.4, -0.2) is 49.8 Å². The monoisotopic (exact) mass is 455 g/mol. The molecule has 5 rings (SSSR count). The normalized spacial score (nSPS) is 20.5. The van der Waals surface area contributed by atoms with Crippen LogP contribution in [0.4, 0.5) is 0 Å². The van der Waals surface area contributed by atoms with Gasteiger partial charge in [-0.3, -0.25) is 14.5 Å². The molecule has 3 aromatic rings. The van der Waals surface area contributed by atoms with Crippen molar-refractivity contribution in [3.8, 4) is 0 Å². The van der Waals surface area contributed by atoms with E-state index >= 15 is 0 Å². The van der Waals surface area contributed by atoms with E-state index in [2.05, 4.69) is 15.3 Å². The molecule has 2 atom stereocenters. The first-order valence-corrected chi connectivity index (χ1v) is 11.5. The zero-order chi connectivity index (χ0) is 21.5. The molecule has 9 nitrogen and oxygen atoms in total. The summed E-state index contributed by atoms with van der Waals surface area (Å²) >= 11 is 2.90. The molecule has 0 aromatic carbocycles. The second-order valence-corrected chi connectivity index (χ2v) is 9.36. The lowest BCUT2D eigenvalue weighted by Gasteiger charge is -2.50. The summed E-state index contributed by atoms with van der Waals surface area (Å²) in [5, 5.41) is 16.1. The number of carbonyl (C=O) groups is 3. The van der Waals surface area contributed by atoms with Gasteiger partial charge >= 0.3 is 5.65 Å². The lowest BCUT2D eigenvalue weighted by atomic mass is 10.0. The Morgan fingerprint density at radius 2 is 2.23 bits per heavy atom. The number of imidazole rings is 1. The molecule has 0 saturated carbocycles. The highest BCUT2D eigenvalue weighted by Crippen LogP contribution is 2.40. The van der Waals surface area contributed by atoms with Crippen LogP contribution in [0, 0.1) is 0 Å². The molecule has 31 heavy (non-hydrogen) atoms. The van der Waals surface area contributed by atoms with Crippen LogP contribution in [-0.2, 0) is 27.3 Å². The van der Waals surface area contributed by atoms with Crippen LogP contribution in [0.3, 0.4) is 0 Å². The fourth-order valence-corrected chi connectivity index (χ4v) is 5.92. The number of aromatic amines is 1. The Hall–Kier alpha value is -3.18. The number of aromatic nitrogens is 3. The van der Waals surface area contributed by atoms with Crippen LogP contribution in [0.2, 0.25) is 0 Å². The number of fused-ring (bicyclic) bond motifs is 2. The molecular formula is C20H17N5O4S2. The number of amides is 2. The fraction of sp³-hybridized carbons (Fsp3) is 0.250. The van der Waals surface area contributed by atoms with Crippen molar-refractivity contribution >= 4 is 52.0 Å². The number of rotatable bonds is 6. The molecule has 1 unspecified atom stereocenters. The number of aliphatic carboxylic acids is 1. The summed E-state index contributed by atoms with van der Waals surface area (Å²) in [6.45, 7) is 0.268. The van der Waals surface area contributed by atoms with Gasteiger partial charge in [0.25, 0.3) is 5.91 Å². The van der Waals surface area contributed by atoms with Crippen molar-refractivity contribution in [2.24, 2.45) is 0 Å². The van der Waals surface area contributed by atoms with Gasteiger partial charge in [-0.05, 0) is 28.6 Å². The summed E-state index contributed by atoms with van der Waals surface area (Å²) in [6.07, 6.45) is 3.58. The molecule has 0 aliphatic carbocycles. The molecule has 1 fully saturated rings. The van der Waals surface area contributed by atoms with Crippen molar-refractivity contribution in [1.82, 2.24) is 20.2 Å². The lowest BCUT2D eigenvalue weighted by molar-refractivity contribution is -0.664. The highest BCUT2D eigenvalue weighted by atomic mass is 32.2. The van der Waals surface area contributed by atoms with Gasteiger partial charge in [0.05, 0.1) is 24.3 Å². The molecule has 5 heterocycles. The van der Waals surface area contributed by atoms with Gasteiger partial charge in [0, 0.05) is 16.2 Å². The smallest absolute Gasteiger partial charge is 0.348 e. The number of hydrogen-bond acceptors (Lipinski definition) is 7. The Labute approximate surface area is 184 Å². The Morgan fingerprint density at radius 3 is 3.00 bits per heavy atom. The van der Waals surface area contributed by atoms with Gasteiger partial charge in [0.15, 0.2) is 0 Å². The van der Waals surface area contributed by atoms with Crippen LogP contribution >= 0.6 is 23.1 Å². The van der Waals surface area contributed by atoms with Gasteiger partial charge < -0.3 is 20.2 Å². The third kappa shape index (κ3) is 3.49. The minimum absolute atomic E-state index is 0.113. The summed E-state index contributed by atoms with van der Waals surface area (Å²) in [5.74, 6) is -1.68. The van der Waals surface area contributed by atoms with E-state index in [0.717, 1.165) is 10.4 Å². The fourth-order valence-electron chi connectivity index (χ4n) is 3.88. The number of carboxylic acid groups (broad SMARTS) is 1. The zero-order valence-corrected chi connectivity index (χ0v) is 17.7. The third-order valence-corrected chi connectivity index (χ3v) is 7.50. The van der Waals surface area contributed by atoms with E-state index in [-0.39, 0.29) is 24.6 Å². The molecule has 0 bridgehead atoms.